The minimum atomic E-state index is -0.346. The van der Waals surface area contributed by atoms with Crippen molar-refractivity contribution in [2.75, 3.05) is 0 Å². The standard InChI is InChI=1S/C19H27NO/c1-12(21)17-4-2-3-13-9-10-16(11-18(13)17)20-19(14-5-6-14)15-7-8-15/h2-4,12,14-16,19-21H,5-11H2,1H3. The van der Waals surface area contributed by atoms with Gasteiger partial charge in [-0.25, -0.2) is 0 Å². The van der Waals surface area contributed by atoms with Gasteiger partial charge in [-0.2, -0.15) is 0 Å². The Labute approximate surface area is 128 Å². The predicted molar refractivity (Wildman–Crippen MR) is 85.3 cm³/mol. The molecular weight excluding hydrogens is 258 g/mol. The van der Waals surface area contributed by atoms with Gasteiger partial charge in [-0.05, 0) is 80.4 Å². The Morgan fingerprint density at radius 1 is 1.10 bits per heavy atom. The van der Waals surface area contributed by atoms with Crippen molar-refractivity contribution >= 4 is 0 Å². The van der Waals surface area contributed by atoms with E-state index in [-0.39, 0.29) is 6.10 Å². The molecule has 2 N–H and O–H groups in total. The zero-order valence-electron chi connectivity index (χ0n) is 13.0. The van der Waals surface area contributed by atoms with Gasteiger partial charge in [0, 0.05) is 12.1 Å². The van der Waals surface area contributed by atoms with Gasteiger partial charge in [0.1, 0.15) is 0 Å². The van der Waals surface area contributed by atoms with Crippen molar-refractivity contribution in [1.82, 2.24) is 5.32 Å². The van der Waals surface area contributed by atoms with Crippen LogP contribution in [0.15, 0.2) is 18.2 Å². The van der Waals surface area contributed by atoms with Crippen LogP contribution in [-0.2, 0) is 12.8 Å². The summed E-state index contributed by atoms with van der Waals surface area (Å²) in [5, 5.41) is 14.0. The Bertz CT molecular complexity index is 504. The Hall–Kier alpha value is -0.860. The molecule has 0 radical (unpaired) electrons. The lowest BCUT2D eigenvalue weighted by Crippen LogP contribution is -2.44. The van der Waals surface area contributed by atoms with Crippen molar-refractivity contribution in [3.63, 3.8) is 0 Å². The van der Waals surface area contributed by atoms with E-state index < -0.39 is 0 Å². The lowest BCUT2D eigenvalue weighted by atomic mass is 9.83. The largest absolute Gasteiger partial charge is 0.389 e. The Kier molecular flexibility index (Phi) is 3.55. The number of aryl methyl sites for hydroxylation is 1. The maximum Gasteiger partial charge on any atom is 0.0764 e. The van der Waals surface area contributed by atoms with Crippen molar-refractivity contribution in [3.05, 3.63) is 34.9 Å². The summed E-state index contributed by atoms with van der Waals surface area (Å²) in [5.41, 5.74) is 4.02. The average molecular weight is 285 g/mol. The molecular formula is C19H27NO. The zero-order chi connectivity index (χ0) is 14.4. The fourth-order valence-corrected chi connectivity index (χ4v) is 4.19. The van der Waals surface area contributed by atoms with Crippen LogP contribution in [0.1, 0.15) is 61.8 Å². The van der Waals surface area contributed by atoms with Gasteiger partial charge in [0.15, 0.2) is 0 Å². The second-order valence-electron chi connectivity index (χ2n) is 7.47. The number of aliphatic hydroxyl groups excluding tert-OH is 1. The van der Waals surface area contributed by atoms with Gasteiger partial charge in [0.2, 0.25) is 0 Å². The molecule has 2 heteroatoms. The predicted octanol–water partition coefficient (Wildman–Crippen LogP) is 3.38. The maximum atomic E-state index is 10.0. The molecule has 2 fully saturated rings. The maximum absolute atomic E-state index is 10.0. The van der Waals surface area contributed by atoms with Gasteiger partial charge < -0.3 is 10.4 Å². The van der Waals surface area contributed by atoms with Crippen LogP contribution in [0.3, 0.4) is 0 Å². The zero-order valence-corrected chi connectivity index (χ0v) is 13.0. The average Bonchev–Trinajstić information content (AvgIpc) is 3.37. The summed E-state index contributed by atoms with van der Waals surface area (Å²) in [4.78, 5) is 0. The summed E-state index contributed by atoms with van der Waals surface area (Å²) in [6.45, 7) is 1.89. The SMILES string of the molecule is CC(O)c1cccc2c1CC(NC(C1CC1)C1CC1)CC2. The lowest BCUT2D eigenvalue weighted by Gasteiger charge is -2.32. The fourth-order valence-electron chi connectivity index (χ4n) is 4.19. The first-order valence-corrected chi connectivity index (χ1v) is 8.77. The van der Waals surface area contributed by atoms with E-state index in [1.54, 1.807) is 0 Å². The second-order valence-corrected chi connectivity index (χ2v) is 7.47. The van der Waals surface area contributed by atoms with Gasteiger partial charge in [0.05, 0.1) is 6.10 Å². The second kappa shape index (κ2) is 5.40. The van der Waals surface area contributed by atoms with Crippen molar-refractivity contribution in [3.8, 4) is 0 Å². The first-order valence-electron chi connectivity index (χ1n) is 8.77. The Morgan fingerprint density at radius 2 is 1.81 bits per heavy atom. The number of fused-ring (bicyclic) bond motifs is 1. The molecule has 2 unspecified atom stereocenters. The molecule has 2 saturated carbocycles. The smallest absolute Gasteiger partial charge is 0.0764 e. The number of benzene rings is 1. The molecule has 0 amide bonds. The minimum absolute atomic E-state index is 0.346. The van der Waals surface area contributed by atoms with Crippen LogP contribution < -0.4 is 5.32 Å². The van der Waals surface area contributed by atoms with Crippen LogP contribution in [0.25, 0.3) is 0 Å². The van der Waals surface area contributed by atoms with Crippen LogP contribution in [0.2, 0.25) is 0 Å². The van der Waals surface area contributed by atoms with Crippen molar-refractivity contribution in [1.29, 1.82) is 0 Å². The van der Waals surface area contributed by atoms with Crippen LogP contribution in [0.5, 0.6) is 0 Å². The van der Waals surface area contributed by atoms with Crippen molar-refractivity contribution in [2.45, 2.75) is 70.1 Å². The van der Waals surface area contributed by atoms with E-state index in [2.05, 4.69) is 23.5 Å². The van der Waals surface area contributed by atoms with E-state index in [0.29, 0.717) is 6.04 Å². The number of hydrogen-bond acceptors (Lipinski definition) is 2. The summed E-state index contributed by atoms with van der Waals surface area (Å²) in [5.74, 6) is 1.93. The van der Waals surface area contributed by atoms with Gasteiger partial charge in [-0.1, -0.05) is 18.2 Å². The molecule has 3 aliphatic rings. The molecule has 0 bridgehead atoms. The molecule has 114 valence electrons. The molecule has 0 aromatic heterocycles. The highest BCUT2D eigenvalue weighted by Gasteiger charge is 2.42. The summed E-state index contributed by atoms with van der Waals surface area (Å²) in [6, 6.07) is 7.85. The van der Waals surface area contributed by atoms with Crippen molar-refractivity contribution < 1.29 is 5.11 Å². The van der Waals surface area contributed by atoms with E-state index in [4.69, 9.17) is 0 Å². The summed E-state index contributed by atoms with van der Waals surface area (Å²) in [7, 11) is 0. The van der Waals surface area contributed by atoms with Crippen molar-refractivity contribution in [2.24, 2.45) is 11.8 Å². The molecule has 4 rings (SSSR count). The van der Waals surface area contributed by atoms with Gasteiger partial charge in [0.25, 0.3) is 0 Å². The van der Waals surface area contributed by atoms with Crippen LogP contribution >= 0.6 is 0 Å². The number of aliphatic hydroxyl groups is 1. The van der Waals surface area contributed by atoms with Gasteiger partial charge in [-0.3, -0.25) is 0 Å². The molecule has 2 nitrogen and oxygen atoms in total. The molecule has 1 aromatic carbocycles. The van der Waals surface area contributed by atoms with E-state index in [9.17, 15) is 5.11 Å². The molecule has 0 spiro atoms. The first kappa shape index (κ1) is 13.8. The molecule has 0 heterocycles. The Balaban J connectivity index is 1.50. The summed E-state index contributed by atoms with van der Waals surface area (Å²) in [6.07, 6.45) is 8.94. The quantitative estimate of drug-likeness (QED) is 0.869. The fraction of sp³-hybridized carbons (Fsp3) is 0.684. The summed E-state index contributed by atoms with van der Waals surface area (Å²) < 4.78 is 0. The van der Waals surface area contributed by atoms with E-state index in [0.717, 1.165) is 36.3 Å². The highest BCUT2D eigenvalue weighted by molar-refractivity contribution is 5.39. The van der Waals surface area contributed by atoms with Gasteiger partial charge >= 0.3 is 0 Å². The molecule has 3 aliphatic carbocycles. The number of hydrogen-bond donors (Lipinski definition) is 2. The minimum Gasteiger partial charge on any atom is -0.389 e. The molecule has 1 aromatic rings. The summed E-state index contributed by atoms with van der Waals surface area (Å²) >= 11 is 0. The number of nitrogens with one attached hydrogen (secondary N) is 1. The lowest BCUT2D eigenvalue weighted by molar-refractivity contribution is 0.197. The van der Waals surface area contributed by atoms with E-state index in [1.807, 2.05) is 6.92 Å². The van der Waals surface area contributed by atoms with Crippen LogP contribution in [0.4, 0.5) is 0 Å². The van der Waals surface area contributed by atoms with Gasteiger partial charge in [-0.15, -0.1) is 0 Å². The monoisotopic (exact) mass is 285 g/mol. The third-order valence-electron chi connectivity index (χ3n) is 5.66. The topological polar surface area (TPSA) is 32.3 Å². The molecule has 0 saturated heterocycles. The molecule has 0 aliphatic heterocycles. The highest BCUT2D eigenvalue weighted by atomic mass is 16.3. The van der Waals surface area contributed by atoms with E-state index >= 15 is 0 Å². The first-order chi connectivity index (χ1) is 10.2. The van der Waals surface area contributed by atoms with E-state index in [1.165, 1.54) is 43.2 Å². The molecule has 2 atom stereocenters. The highest BCUT2D eigenvalue weighted by Crippen LogP contribution is 2.45. The Morgan fingerprint density at radius 3 is 2.43 bits per heavy atom. The number of rotatable bonds is 5. The third-order valence-corrected chi connectivity index (χ3v) is 5.66. The van der Waals surface area contributed by atoms with Crippen LogP contribution in [0, 0.1) is 11.8 Å². The normalized spacial score (nSPS) is 26.7. The third kappa shape index (κ3) is 2.89. The van der Waals surface area contributed by atoms with Crippen LogP contribution in [-0.4, -0.2) is 17.2 Å². The molecule has 21 heavy (non-hydrogen) atoms.